The van der Waals surface area contributed by atoms with E-state index in [0.29, 0.717) is 5.92 Å². The van der Waals surface area contributed by atoms with Crippen LogP contribution in [-0.4, -0.2) is 38.1 Å². The fourth-order valence-corrected chi connectivity index (χ4v) is 1.91. The third kappa shape index (κ3) is 7.37. The lowest BCUT2D eigenvalue weighted by molar-refractivity contribution is -0.147. The van der Waals surface area contributed by atoms with Gasteiger partial charge >= 0.3 is 5.97 Å². The van der Waals surface area contributed by atoms with Gasteiger partial charge in [0, 0.05) is 6.54 Å². The van der Waals surface area contributed by atoms with E-state index in [1.54, 1.807) is 0 Å². The quantitative estimate of drug-likeness (QED) is 0.614. The van der Waals surface area contributed by atoms with Gasteiger partial charge in [0.15, 0.2) is 0 Å². The topological polar surface area (TPSA) is 29.5 Å². The highest BCUT2D eigenvalue weighted by Gasteiger charge is 2.24. The lowest BCUT2D eigenvalue weighted by atomic mass is 9.95. The number of esters is 1. The van der Waals surface area contributed by atoms with Gasteiger partial charge < -0.3 is 9.64 Å². The molecule has 0 aliphatic heterocycles. The van der Waals surface area contributed by atoms with E-state index < -0.39 is 0 Å². The van der Waals surface area contributed by atoms with E-state index in [1.165, 1.54) is 20.0 Å². The molecule has 17 heavy (non-hydrogen) atoms. The molecule has 3 nitrogen and oxygen atoms in total. The molecule has 0 bridgehead atoms. The standard InChI is InChI=1S/C14H29NO2/c1-11(2)8-7-9-15(5)10-13(12(3)4)14(16)17-6/h11-13H,7-10H2,1-6H3. The Morgan fingerprint density at radius 1 is 1.24 bits per heavy atom. The summed E-state index contributed by atoms with van der Waals surface area (Å²) in [5.41, 5.74) is 0. The molecule has 0 aliphatic rings. The Bertz CT molecular complexity index is 214. The molecule has 1 atom stereocenters. The van der Waals surface area contributed by atoms with E-state index in [2.05, 4.69) is 39.6 Å². The van der Waals surface area contributed by atoms with Crippen molar-refractivity contribution in [3.05, 3.63) is 0 Å². The van der Waals surface area contributed by atoms with Crippen LogP contribution in [0, 0.1) is 17.8 Å². The molecule has 0 fully saturated rings. The molecule has 102 valence electrons. The van der Waals surface area contributed by atoms with Gasteiger partial charge in [-0.05, 0) is 38.3 Å². The van der Waals surface area contributed by atoms with Crippen molar-refractivity contribution in [2.45, 2.75) is 40.5 Å². The maximum atomic E-state index is 11.6. The number of nitrogens with zero attached hydrogens (tertiary/aromatic N) is 1. The second kappa shape index (κ2) is 8.51. The van der Waals surface area contributed by atoms with Crippen molar-refractivity contribution < 1.29 is 9.53 Å². The van der Waals surface area contributed by atoms with Crippen molar-refractivity contribution in [1.82, 2.24) is 4.90 Å². The van der Waals surface area contributed by atoms with Crippen LogP contribution < -0.4 is 0 Å². The van der Waals surface area contributed by atoms with Gasteiger partial charge in [0.2, 0.25) is 0 Å². The smallest absolute Gasteiger partial charge is 0.310 e. The number of hydrogen-bond acceptors (Lipinski definition) is 3. The monoisotopic (exact) mass is 243 g/mol. The largest absolute Gasteiger partial charge is 0.469 e. The molecule has 3 heteroatoms. The zero-order valence-electron chi connectivity index (χ0n) is 12.3. The second-order valence-corrected chi connectivity index (χ2v) is 5.67. The van der Waals surface area contributed by atoms with Crippen molar-refractivity contribution >= 4 is 5.97 Å². The van der Waals surface area contributed by atoms with Crippen LogP contribution in [0.4, 0.5) is 0 Å². The van der Waals surface area contributed by atoms with Gasteiger partial charge in [-0.2, -0.15) is 0 Å². The van der Waals surface area contributed by atoms with Gasteiger partial charge in [-0.25, -0.2) is 0 Å². The second-order valence-electron chi connectivity index (χ2n) is 5.67. The van der Waals surface area contributed by atoms with E-state index in [1.807, 2.05) is 0 Å². The van der Waals surface area contributed by atoms with Crippen LogP contribution in [-0.2, 0) is 9.53 Å². The molecule has 0 rings (SSSR count). The highest BCUT2D eigenvalue weighted by molar-refractivity contribution is 5.72. The number of carbonyl (C=O) groups is 1. The summed E-state index contributed by atoms with van der Waals surface area (Å²) in [6, 6.07) is 0. The summed E-state index contributed by atoms with van der Waals surface area (Å²) in [5.74, 6) is 0.986. The molecule has 0 radical (unpaired) electrons. The third-order valence-corrected chi connectivity index (χ3v) is 3.14. The maximum absolute atomic E-state index is 11.6. The van der Waals surface area contributed by atoms with Gasteiger partial charge in [-0.15, -0.1) is 0 Å². The van der Waals surface area contributed by atoms with Crippen LogP contribution in [0.25, 0.3) is 0 Å². The van der Waals surface area contributed by atoms with E-state index in [9.17, 15) is 4.79 Å². The van der Waals surface area contributed by atoms with Crippen LogP contribution in [0.15, 0.2) is 0 Å². The number of rotatable bonds is 8. The Morgan fingerprint density at radius 3 is 2.24 bits per heavy atom. The van der Waals surface area contributed by atoms with E-state index in [0.717, 1.165) is 19.0 Å². The van der Waals surface area contributed by atoms with Crippen LogP contribution in [0.5, 0.6) is 0 Å². The Labute approximate surface area is 107 Å². The van der Waals surface area contributed by atoms with Crippen LogP contribution in [0.2, 0.25) is 0 Å². The molecule has 0 aromatic rings. The summed E-state index contributed by atoms with van der Waals surface area (Å²) >= 11 is 0. The van der Waals surface area contributed by atoms with E-state index >= 15 is 0 Å². The third-order valence-electron chi connectivity index (χ3n) is 3.14. The first kappa shape index (κ1) is 16.4. The zero-order chi connectivity index (χ0) is 13.4. The first-order valence-corrected chi connectivity index (χ1v) is 6.64. The van der Waals surface area contributed by atoms with Gasteiger partial charge in [0.1, 0.15) is 0 Å². The number of carbonyl (C=O) groups excluding carboxylic acids is 1. The van der Waals surface area contributed by atoms with Gasteiger partial charge in [-0.3, -0.25) is 4.79 Å². The summed E-state index contributed by atoms with van der Waals surface area (Å²) in [4.78, 5) is 13.9. The molecule has 0 amide bonds. The minimum atomic E-state index is -0.0873. The molecule has 0 aromatic heterocycles. The minimum Gasteiger partial charge on any atom is -0.469 e. The molecule has 1 unspecified atom stereocenters. The SMILES string of the molecule is COC(=O)C(CN(C)CCCC(C)C)C(C)C. The number of methoxy groups -OCH3 is 1. The summed E-state index contributed by atoms with van der Waals surface area (Å²) in [6.45, 7) is 10.5. The fraction of sp³-hybridized carbons (Fsp3) is 0.929. The van der Waals surface area contributed by atoms with Crippen LogP contribution >= 0.6 is 0 Å². The molecular formula is C14H29NO2. The summed E-state index contributed by atoms with van der Waals surface area (Å²) < 4.78 is 4.85. The molecule has 0 spiro atoms. The molecule has 0 N–H and O–H groups in total. The first-order valence-electron chi connectivity index (χ1n) is 6.64. The predicted octanol–water partition coefficient (Wildman–Crippen LogP) is 2.80. The summed E-state index contributed by atoms with van der Waals surface area (Å²) in [7, 11) is 3.55. The van der Waals surface area contributed by atoms with E-state index in [4.69, 9.17) is 4.74 Å². The Balaban J connectivity index is 4.04. The van der Waals surface area contributed by atoms with Crippen molar-refractivity contribution in [3.63, 3.8) is 0 Å². The normalized spacial score (nSPS) is 13.5. The number of hydrogen-bond donors (Lipinski definition) is 0. The molecule has 0 aromatic carbocycles. The molecule has 0 aliphatic carbocycles. The van der Waals surface area contributed by atoms with Crippen LogP contribution in [0.1, 0.15) is 40.5 Å². The van der Waals surface area contributed by atoms with Gasteiger partial charge in [0.25, 0.3) is 0 Å². The minimum absolute atomic E-state index is 0.0101. The molecule has 0 saturated carbocycles. The highest BCUT2D eigenvalue weighted by atomic mass is 16.5. The predicted molar refractivity (Wildman–Crippen MR) is 71.9 cm³/mol. The molecule has 0 heterocycles. The molecule has 0 saturated heterocycles. The van der Waals surface area contributed by atoms with Crippen molar-refractivity contribution in [1.29, 1.82) is 0 Å². The molecular weight excluding hydrogens is 214 g/mol. The highest BCUT2D eigenvalue weighted by Crippen LogP contribution is 2.14. The van der Waals surface area contributed by atoms with Gasteiger partial charge in [0.05, 0.1) is 13.0 Å². The van der Waals surface area contributed by atoms with Crippen molar-refractivity contribution in [3.8, 4) is 0 Å². The van der Waals surface area contributed by atoms with Crippen LogP contribution in [0.3, 0.4) is 0 Å². The first-order chi connectivity index (χ1) is 7.88. The summed E-state index contributed by atoms with van der Waals surface area (Å²) in [6.07, 6.45) is 2.44. The maximum Gasteiger partial charge on any atom is 0.310 e. The van der Waals surface area contributed by atoms with Crippen molar-refractivity contribution in [2.24, 2.45) is 17.8 Å². The van der Waals surface area contributed by atoms with Gasteiger partial charge in [-0.1, -0.05) is 27.7 Å². The lowest BCUT2D eigenvalue weighted by Crippen LogP contribution is -2.34. The Hall–Kier alpha value is -0.570. The summed E-state index contributed by atoms with van der Waals surface area (Å²) in [5, 5.41) is 0. The average molecular weight is 243 g/mol. The Morgan fingerprint density at radius 2 is 1.82 bits per heavy atom. The Kier molecular flexibility index (Phi) is 8.23. The average Bonchev–Trinajstić information content (AvgIpc) is 2.24. The lowest BCUT2D eigenvalue weighted by Gasteiger charge is -2.25. The zero-order valence-corrected chi connectivity index (χ0v) is 12.3. The number of ether oxygens (including phenoxy) is 1. The fourth-order valence-electron chi connectivity index (χ4n) is 1.91. The van der Waals surface area contributed by atoms with Crippen molar-refractivity contribution in [2.75, 3.05) is 27.2 Å². The van der Waals surface area contributed by atoms with E-state index in [-0.39, 0.29) is 11.9 Å².